The molecule has 0 atom stereocenters. The normalized spacial score (nSPS) is 19.5. The number of amides is 1. The van der Waals surface area contributed by atoms with Gasteiger partial charge in [0.05, 0.1) is 5.70 Å². The van der Waals surface area contributed by atoms with Gasteiger partial charge >= 0.3 is 6.09 Å². The van der Waals surface area contributed by atoms with Crippen LogP contribution in [0.25, 0.3) is 0 Å². The molecule has 0 fully saturated rings. The zero-order valence-electron chi connectivity index (χ0n) is 6.16. The molecule has 0 unspecified atom stereocenters. The Bertz CT molecular complexity index is 292. The first-order chi connectivity index (χ1) is 5.77. The molecular formula is C7H7NO4. The highest BCUT2D eigenvalue weighted by Crippen LogP contribution is 2.30. The largest absolute Gasteiger partial charge is 0.465 e. The van der Waals surface area contributed by atoms with Gasteiger partial charge in [0.1, 0.15) is 5.76 Å². The van der Waals surface area contributed by atoms with E-state index in [1.54, 1.807) is 6.08 Å². The quantitative estimate of drug-likeness (QED) is 0.608. The van der Waals surface area contributed by atoms with Crippen LogP contribution in [0.15, 0.2) is 23.3 Å². The first-order valence-electron chi connectivity index (χ1n) is 3.46. The summed E-state index contributed by atoms with van der Waals surface area (Å²) in [7, 11) is 0. The van der Waals surface area contributed by atoms with Gasteiger partial charge in [0, 0.05) is 6.42 Å². The molecule has 2 aliphatic rings. The van der Waals surface area contributed by atoms with Crippen molar-refractivity contribution in [2.24, 2.45) is 0 Å². The summed E-state index contributed by atoms with van der Waals surface area (Å²) in [5, 5.41) is 10.7. The molecule has 0 radical (unpaired) electrons. The summed E-state index contributed by atoms with van der Waals surface area (Å²) in [6.45, 7) is 0.184. The van der Waals surface area contributed by atoms with Gasteiger partial charge in [0.2, 0.25) is 6.79 Å². The Balaban J connectivity index is 2.13. The first-order valence-corrected chi connectivity index (χ1v) is 3.46. The van der Waals surface area contributed by atoms with E-state index in [2.05, 4.69) is 5.32 Å². The molecule has 1 aliphatic heterocycles. The van der Waals surface area contributed by atoms with Gasteiger partial charge in [-0.3, -0.25) is 5.32 Å². The summed E-state index contributed by atoms with van der Waals surface area (Å²) < 4.78 is 10.1. The highest BCUT2D eigenvalue weighted by Gasteiger charge is 2.26. The van der Waals surface area contributed by atoms with Crippen molar-refractivity contribution in [2.75, 3.05) is 6.79 Å². The molecule has 12 heavy (non-hydrogen) atoms. The molecule has 1 aliphatic carbocycles. The Kier molecular flexibility index (Phi) is 1.43. The van der Waals surface area contributed by atoms with Gasteiger partial charge in [-0.1, -0.05) is 0 Å². The van der Waals surface area contributed by atoms with Crippen LogP contribution in [0.2, 0.25) is 0 Å². The average molecular weight is 169 g/mol. The van der Waals surface area contributed by atoms with Crippen LogP contribution in [0.1, 0.15) is 6.42 Å². The van der Waals surface area contributed by atoms with Crippen molar-refractivity contribution < 1.29 is 19.4 Å². The van der Waals surface area contributed by atoms with Crippen molar-refractivity contribution in [3.8, 4) is 0 Å². The molecule has 2 N–H and O–H groups in total. The fourth-order valence-electron chi connectivity index (χ4n) is 1.20. The van der Waals surface area contributed by atoms with E-state index < -0.39 is 6.09 Å². The van der Waals surface area contributed by atoms with E-state index in [0.717, 1.165) is 0 Å². The maximum Gasteiger partial charge on any atom is 0.409 e. The number of nitrogens with one attached hydrogen (secondary N) is 1. The molecule has 5 heteroatoms. The number of hydrogen-bond acceptors (Lipinski definition) is 3. The second-order valence-corrected chi connectivity index (χ2v) is 2.41. The van der Waals surface area contributed by atoms with E-state index in [9.17, 15) is 4.79 Å². The molecule has 0 saturated heterocycles. The van der Waals surface area contributed by atoms with Crippen LogP contribution in [-0.2, 0) is 9.47 Å². The Morgan fingerprint density at radius 1 is 1.58 bits per heavy atom. The second-order valence-electron chi connectivity index (χ2n) is 2.41. The molecule has 0 saturated carbocycles. The highest BCUT2D eigenvalue weighted by molar-refractivity contribution is 5.68. The summed E-state index contributed by atoms with van der Waals surface area (Å²) in [5.74, 6) is 1.23. The molecule has 5 nitrogen and oxygen atoms in total. The van der Waals surface area contributed by atoms with Crippen molar-refractivity contribution in [1.29, 1.82) is 0 Å². The molecule has 0 bridgehead atoms. The molecule has 1 amide bonds. The lowest BCUT2D eigenvalue weighted by Crippen LogP contribution is -2.20. The molecule has 0 spiro atoms. The SMILES string of the molecule is O=C(O)NC1=CCC2=C1OCO2. The minimum atomic E-state index is -1.09. The van der Waals surface area contributed by atoms with Crippen molar-refractivity contribution in [3.63, 3.8) is 0 Å². The van der Waals surface area contributed by atoms with Crippen LogP contribution in [0, 0.1) is 0 Å². The Hall–Kier alpha value is -1.65. The maximum absolute atomic E-state index is 10.3. The predicted molar refractivity (Wildman–Crippen MR) is 37.9 cm³/mol. The number of allylic oxidation sites excluding steroid dienone is 1. The molecular weight excluding hydrogens is 162 g/mol. The number of carbonyl (C=O) groups is 1. The fraction of sp³-hybridized carbons (Fsp3) is 0.286. The van der Waals surface area contributed by atoms with Crippen LogP contribution >= 0.6 is 0 Å². The molecule has 0 aromatic heterocycles. The van der Waals surface area contributed by atoms with Crippen LogP contribution in [-0.4, -0.2) is 18.0 Å². The van der Waals surface area contributed by atoms with Crippen molar-refractivity contribution in [2.45, 2.75) is 6.42 Å². The number of ether oxygens (including phenoxy) is 2. The van der Waals surface area contributed by atoms with Crippen LogP contribution in [0.4, 0.5) is 4.79 Å². The monoisotopic (exact) mass is 169 g/mol. The van der Waals surface area contributed by atoms with Crippen molar-refractivity contribution in [1.82, 2.24) is 5.32 Å². The van der Waals surface area contributed by atoms with Crippen molar-refractivity contribution in [3.05, 3.63) is 23.3 Å². The summed E-state index contributed by atoms with van der Waals surface area (Å²) >= 11 is 0. The topological polar surface area (TPSA) is 67.8 Å². The summed E-state index contributed by atoms with van der Waals surface area (Å²) in [4.78, 5) is 10.3. The minimum Gasteiger partial charge on any atom is -0.465 e. The van der Waals surface area contributed by atoms with Gasteiger partial charge in [0.25, 0.3) is 0 Å². The average Bonchev–Trinajstić information content (AvgIpc) is 2.52. The lowest BCUT2D eigenvalue weighted by atomic mass is 10.4. The number of carboxylic acid groups (broad SMARTS) is 1. The summed E-state index contributed by atoms with van der Waals surface area (Å²) in [5.41, 5.74) is 0.481. The molecule has 0 aromatic carbocycles. The predicted octanol–water partition coefficient (Wildman–Crippen LogP) is 0.757. The third-order valence-corrected chi connectivity index (χ3v) is 1.67. The van der Waals surface area contributed by atoms with E-state index in [4.69, 9.17) is 14.6 Å². The molecule has 2 rings (SSSR count). The first kappa shape index (κ1) is 7.02. The Morgan fingerprint density at radius 3 is 3.17 bits per heavy atom. The van der Waals surface area contributed by atoms with E-state index in [1.807, 2.05) is 0 Å². The van der Waals surface area contributed by atoms with Gasteiger partial charge in [0.15, 0.2) is 5.76 Å². The molecule has 1 heterocycles. The third-order valence-electron chi connectivity index (χ3n) is 1.67. The van der Waals surface area contributed by atoms with E-state index in [0.29, 0.717) is 23.6 Å². The second kappa shape index (κ2) is 2.44. The fourth-order valence-corrected chi connectivity index (χ4v) is 1.20. The van der Waals surface area contributed by atoms with Gasteiger partial charge in [-0.2, -0.15) is 0 Å². The molecule has 0 aromatic rings. The zero-order chi connectivity index (χ0) is 8.55. The van der Waals surface area contributed by atoms with Crippen LogP contribution in [0.3, 0.4) is 0 Å². The van der Waals surface area contributed by atoms with Crippen molar-refractivity contribution >= 4 is 6.09 Å². The standard InChI is InChI=1S/C7H7NO4/c9-7(10)8-4-1-2-5-6(4)12-3-11-5/h1,8H,2-3H2,(H,9,10). The summed E-state index contributed by atoms with van der Waals surface area (Å²) in [6, 6.07) is 0. The lowest BCUT2D eigenvalue weighted by molar-refractivity contribution is 0.0696. The minimum absolute atomic E-state index is 0.184. The number of rotatable bonds is 1. The van der Waals surface area contributed by atoms with Gasteiger partial charge in [-0.25, -0.2) is 4.79 Å². The van der Waals surface area contributed by atoms with Gasteiger partial charge in [-0.05, 0) is 6.08 Å². The Labute approximate surface area is 68.3 Å². The smallest absolute Gasteiger partial charge is 0.409 e. The zero-order valence-corrected chi connectivity index (χ0v) is 6.16. The van der Waals surface area contributed by atoms with E-state index in [-0.39, 0.29) is 6.79 Å². The number of hydrogen-bond donors (Lipinski definition) is 2. The highest BCUT2D eigenvalue weighted by atomic mass is 16.7. The van der Waals surface area contributed by atoms with E-state index in [1.165, 1.54) is 0 Å². The van der Waals surface area contributed by atoms with E-state index >= 15 is 0 Å². The maximum atomic E-state index is 10.3. The van der Waals surface area contributed by atoms with Gasteiger partial charge < -0.3 is 14.6 Å². The molecule has 64 valence electrons. The van der Waals surface area contributed by atoms with Gasteiger partial charge in [-0.15, -0.1) is 0 Å². The third kappa shape index (κ3) is 0.990. The van der Waals surface area contributed by atoms with Crippen LogP contribution < -0.4 is 5.32 Å². The van der Waals surface area contributed by atoms with Crippen LogP contribution in [0.5, 0.6) is 0 Å². The lowest BCUT2D eigenvalue weighted by Gasteiger charge is -2.03. The Morgan fingerprint density at radius 2 is 2.42 bits per heavy atom. The summed E-state index contributed by atoms with van der Waals surface area (Å²) in [6.07, 6.45) is 1.23.